The molecule has 10 heteroatoms. The molecule has 0 fully saturated rings. The van der Waals surface area contributed by atoms with Gasteiger partial charge in [0, 0.05) is 21.1 Å². The number of nitrogens with zero attached hydrogens (tertiary/aromatic N) is 3. The number of amides is 2. The van der Waals surface area contributed by atoms with E-state index in [1.807, 2.05) is 6.92 Å². The molecule has 0 spiro atoms. The highest BCUT2D eigenvalue weighted by molar-refractivity contribution is 9.10. The number of aryl methyl sites for hydroxylation is 2. The Labute approximate surface area is 176 Å². The molecular formula is C18H23BrN4O4S. The first kappa shape index (κ1) is 22.1. The van der Waals surface area contributed by atoms with Crippen LogP contribution in [0.4, 0.5) is 5.00 Å². The molecule has 0 saturated carbocycles. The van der Waals surface area contributed by atoms with Crippen LogP contribution in [-0.2, 0) is 11.8 Å². The fourth-order valence-electron chi connectivity index (χ4n) is 2.56. The van der Waals surface area contributed by atoms with Crippen LogP contribution in [0.15, 0.2) is 4.47 Å². The van der Waals surface area contributed by atoms with Crippen LogP contribution in [0.1, 0.15) is 55.1 Å². The van der Waals surface area contributed by atoms with Gasteiger partial charge in [-0.2, -0.15) is 5.10 Å². The second-order valence-electron chi connectivity index (χ2n) is 6.42. The average molecular weight is 471 g/mol. The fraction of sp³-hybridized carbons (Fsp3) is 0.444. The number of rotatable bonds is 6. The Bertz CT molecular complexity index is 933. The van der Waals surface area contributed by atoms with Crippen molar-refractivity contribution in [2.45, 2.75) is 27.2 Å². The van der Waals surface area contributed by atoms with Gasteiger partial charge in [0.1, 0.15) is 10.7 Å². The Morgan fingerprint density at radius 1 is 1.29 bits per heavy atom. The number of hydrogen-bond acceptors (Lipinski definition) is 6. The van der Waals surface area contributed by atoms with E-state index in [0.717, 1.165) is 11.3 Å². The smallest absolute Gasteiger partial charge is 0.341 e. The molecule has 0 saturated heterocycles. The predicted octanol–water partition coefficient (Wildman–Crippen LogP) is 3.38. The van der Waals surface area contributed by atoms with E-state index in [2.05, 4.69) is 26.3 Å². The minimum Gasteiger partial charge on any atom is -0.462 e. The SMILES string of the molecule is CCCOC(=O)c1c(NC(=O)c2c(Br)c(C)nn2C)sc(C(=O)N(C)C)c1C. The van der Waals surface area contributed by atoms with E-state index in [-0.39, 0.29) is 23.1 Å². The zero-order valence-corrected chi connectivity index (χ0v) is 19.1. The molecule has 2 rings (SSSR count). The summed E-state index contributed by atoms with van der Waals surface area (Å²) in [6.07, 6.45) is 0.668. The Hall–Kier alpha value is -2.20. The van der Waals surface area contributed by atoms with Gasteiger partial charge in [0.15, 0.2) is 0 Å². The number of ether oxygens (including phenoxy) is 1. The molecule has 0 aromatic carbocycles. The van der Waals surface area contributed by atoms with Crippen molar-refractivity contribution in [3.8, 4) is 0 Å². The van der Waals surface area contributed by atoms with Crippen LogP contribution >= 0.6 is 27.3 Å². The molecule has 0 bridgehead atoms. The van der Waals surface area contributed by atoms with Crippen molar-refractivity contribution >= 4 is 50.1 Å². The summed E-state index contributed by atoms with van der Waals surface area (Å²) in [5, 5.41) is 7.23. The van der Waals surface area contributed by atoms with E-state index in [9.17, 15) is 14.4 Å². The van der Waals surface area contributed by atoms with E-state index < -0.39 is 11.9 Å². The van der Waals surface area contributed by atoms with Crippen molar-refractivity contribution in [1.29, 1.82) is 0 Å². The third kappa shape index (κ3) is 4.27. The first-order valence-electron chi connectivity index (χ1n) is 8.62. The minimum absolute atomic E-state index is 0.201. The van der Waals surface area contributed by atoms with Crippen molar-refractivity contribution in [1.82, 2.24) is 14.7 Å². The fourth-order valence-corrected chi connectivity index (χ4v) is 4.29. The van der Waals surface area contributed by atoms with Crippen LogP contribution in [0, 0.1) is 13.8 Å². The van der Waals surface area contributed by atoms with Gasteiger partial charge in [-0.3, -0.25) is 14.3 Å². The van der Waals surface area contributed by atoms with Crippen molar-refractivity contribution in [2.24, 2.45) is 7.05 Å². The number of aromatic nitrogens is 2. The maximum atomic E-state index is 12.8. The topological polar surface area (TPSA) is 93.5 Å². The van der Waals surface area contributed by atoms with Gasteiger partial charge in [-0.15, -0.1) is 11.3 Å². The summed E-state index contributed by atoms with van der Waals surface area (Å²) in [4.78, 5) is 39.7. The maximum absolute atomic E-state index is 12.8. The zero-order valence-electron chi connectivity index (χ0n) is 16.7. The third-order valence-electron chi connectivity index (χ3n) is 3.98. The lowest BCUT2D eigenvalue weighted by atomic mass is 10.1. The molecule has 2 aromatic rings. The van der Waals surface area contributed by atoms with Crippen LogP contribution in [0.2, 0.25) is 0 Å². The Morgan fingerprint density at radius 3 is 2.43 bits per heavy atom. The molecule has 2 heterocycles. The molecule has 152 valence electrons. The summed E-state index contributed by atoms with van der Waals surface area (Å²) in [6.45, 7) is 5.60. The van der Waals surface area contributed by atoms with E-state index in [4.69, 9.17) is 4.74 Å². The van der Waals surface area contributed by atoms with Crippen LogP contribution in [-0.4, -0.2) is 53.2 Å². The molecular weight excluding hydrogens is 448 g/mol. The number of anilines is 1. The third-order valence-corrected chi connectivity index (χ3v) is 6.12. The van der Waals surface area contributed by atoms with E-state index in [0.29, 0.717) is 32.7 Å². The number of carbonyl (C=O) groups excluding carboxylic acids is 3. The largest absolute Gasteiger partial charge is 0.462 e. The summed E-state index contributed by atoms with van der Waals surface area (Å²) in [6, 6.07) is 0. The van der Waals surface area contributed by atoms with Gasteiger partial charge < -0.3 is 15.0 Å². The van der Waals surface area contributed by atoms with Crippen LogP contribution < -0.4 is 5.32 Å². The molecule has 1 N–H and O–H groups in total. The van der Waals surface area contributed by atoms with Gasteiger partial charge in [0.2, 0.25) is 0 Å². The summed E-state index contributed by atoms with van der Waals surface area (Å²) in [5.41, 5.74) is 1.67. The van der Waals surface area contributed by atoms with Gasteiger partial charge in [0.25, 0.3) is 11.8 Å². The van der Waals surface area contributed by atoms with Crippen molar-refractivity contribution < 1.29 is 19.1 Å². The van der Waals surface area contributed by atoms with E-state index in [1.165, 1.54) is 9.58 Å². The van der Waals surface area contributed by atoms with Gasteiger partial charge in [-0.1, -0.05) is 6.92 Å². The maximum Gasteiger partial charge on any atom is 0.341 e. The number of hydrogen-bond donors (Lipinski definition) is 1. The zero-order chi connectivity index (χ0) is 21.2. The highest BCUT2D eigenvalue weighted by Crippen LogP contribution is 2.35. The molecule has 2 aromatic heterocycles. The standard InChI is InChI=1S/C18H23BrN4O4S/c1-7-8-27-18(26)11-9(2)14(17(25)22(4)5)28-16(11)20-15(24)13-12(19)10(3)21-23(13)6/h7-8H2,1-6H3,(H,20,24). The van der Waals surface area contributed by atoms with Crippen LogP contribution in [0.3, 0.4) is 0 Å². The van der Waals surface area contributed by atoms with E-state index >= 15 is 0 Å². The number of thiophene rings is 1. The van der Waals surface area contributed by atoms with Crippen molar-refractivity contribution in [2.75, 3.05) is 26.0 Å². The van der Waals surface area contributed by atoms with Crippen LogP contribution in [0.25, 0.3) is 0 Å². The van der Waals surface area contributed by atoms with Crippen molar-refractivity contribution in [3.05, 3.63) is 31.9 Å². The number of esters is 1. The highest BCUT2D eigenvalue weighted by atomic mass is 79.9. The average Bonchev–Trinajstić information content (AvgIpc) is 3.07. The predicted molar refractivity (Wildman–Crippen MR) is 111 cm³/mol. The van der Waals surface area contributed by atoms with Gasteiger partial charge in [-0.25, -0.2) is 4.79 Å². The molecule has 0 aliphatic carbocycles. The molecule has 0 aliphatic rings. The normalized spacial score (nSPS) is 10.7. The number of carbonyl (C=O) groups is 3. The van der Waals surface area contributed by atoms with E-state index in [1.54, 1.807) is 35.0 Å². The molecule has 0 aliphatic heterocycles. The number of halogens is 1. The first-order chi connectivity index (χ1) is 13.1. The molecule has 0 radical (unpaired) electrons. The lowest BCUT2D eigenvalue weighted by Crippen LogP contribution is -2.21. The summed E-state index contributed by atoms with van der Waals surface area (Å²) in [7, 11) is 4.92. The Morgan fingerprint density at radius 2 is 1.93 bits per heavy atom. The van der Waals surface area contributed by atoms with Gasteiger partial charge >= 0.3 is 5.97 Å². The summed E-state index contributed by atoms with van der Waals surface area (Å²) < 4.78 is 7.28. The quantitative estimate of drug-likeness (QED) is 0.652. The molecule has 0 atom stereocenters. The number of nitrogens with one attached hydrogen (secondary N) is 1. The summed E-state index contributed by atoms with van der Waals surface area (Å²) >= 11 is 4.42. The first-order valence-corrected chi connectivity index (χ1v) is 10.2. The highest BCUT2D eigenvalue weighted by Gasteiger charge is 2.28. The van der Waals surface area contributed by atoms with Crippen molar-refractivity contribution in [3.63, 3.8) is 0 Å². The monoisotopic (exact) mass is 470 g/mol. The van der Waals surface area contributed by atoms with Gasteiger partial charge in [-0.05, 0) is 41.8 Å². The summed E-state index contributed by atoms with van der Waals surface area (Å²) in [5.74, 6) is -1.25. The minimum atomic E-state index is -0.566. The second-order valence-corrected chi connectivity index (χ2v) is 8.24. The lowest BCUT2D eigenvalue weighted by molar-refractivity contribution is 0.0506. The Balaban J connectivity index is 2.49. The molecule has 8 nitrogen and oxygen atoms in total. The molecule has 28 heavy (non-hydrogen) atoms. The molecule has 0 unspecified atom stereocenters. The second kappa shape index (κ2) is 8.87. The van der Waals surface area contributed by atoms with Gasteiger partial charge in [0.05, 0.1) is 27.2 Å². The lowest BCUT2D eigenvalue weighted by Gasteiger charge is -2.09. The Kier molecular flexibility index (Phi) is 7.00. The molecule has 2 amide bonds. The van der Waals surface area contributed by atoms with Crippen LogP contribution in [0.5, 0.6) is 0 Å².